The first-order valence-electron chi connectivity index (χ1n) is 9.66. The van der Waals surface area contributed by atoms with Crippen LogP contribution in [0.4, 0.5) is 10.1 Å². The Morgan fingerprint density at radius 1 is 1.19 bits per heavy atom. The number of benzene rings is 1. The molecule has 1 atom stereocenters. The highest BCUT2D eigenvalue weighted by molar-refractivity contribution is 5.65. The fourth-order valence-corrected chi connectivity index (χ4v) is 3.50. The molecule has 0 heterocycles. The van der Waals surface area contributed by atoms with E-state index in [1.54, 1.807) is 6.92 Å². The first kappa shape index (κ1) is 20.7. The summed E-state index contributed by atoms with van der Waals surface area (Å²) in [5.74, 6) is 0.742. The normalized spacial score (nSPS) is 17.8. The van der Waals surface area contributed by atoms with Gasteiger partial charge >= 0.3 is 0 Å². The Kier molecular flexibility index (Phi) is 6.36. The molecule has 0 aromatic heterocycles. The van der Waals surface area contributed by atoms with Gasteiger partial charge in [0.25, 0.3) is 0 Å². The number of rotatable bonds is 7. The molecule has 0 bridgehead atoms. The van der Waals surface area contributed by atoms with Crippen molar-refractivity contribution < 1.29 is 9.13 Å². The topological polar surface area (TPSA) is 24.8 Å². The number of aryl methyl sites for hydroxylation is 2. The van der Waals surface area contributed by atoms with Gasteiger partial charge in [0.1, 0.15) is 18.0 Å². The average Bonchev–Trinajstić information content (AvgIpc) is 2.42. The zero-order chi connectivity index (χ0) is 19.5. The lowest BCUT2D eigenvalue weighted by molar-refractivity contribution is 0.0597. The fraction of sp³-hybridized carbons (Fsp3) is 0.682. The number of halogens is 1. The lowest BCUT2D eigenvalue weighted by Gasteiger charge is -2.33. The van der Waals surface area contributed by atoms with E-state index >= 15 is 0 Å². The molecule has 0 spiro atoms. The van der Waals surface area contributed by atoms with E-state index in [9.17, 15) is 4.39 Å². The van der Waals surface area contributed by atoms with Crippen LogP contribution in [-0.2, 0) is 0 Å². The summed E-state index contributed by atoms with van der Waals surface area (Å²) in [7, 11) is 2.09. The molecule has 0 amide bonds. The Balaban J connectivity index is 2.03. The summed E-state index contributed by atoms with van der Waals surface area (Å²) in [4.78, 5) is 6.84. The molecule has 1 aliphatic carbocycles. The van der Waals surface area contributed by atoms with Crippen molar-refractivity contribution >= 4 is 12.0 Å². The maximum Gasteiger partial charge on any atom is 0.142 e. The molecule has 26 heavy (non-hydrogen) atoms. The van der Waals surface area contributed by atoms with Crippen LogP contribution in [0.25, 0.3) is 0 Å². The molecule has 0 N–H and O–H groups in total. The standard InChI is InChI=1S/C22H35FN2O/c1-16-12-20(26-14-22(6,23)13-21(3,4)5)17(2)11-19(16)24-15-25(7)18-9-8-10-18/h11-12,15,18H,8-10,13-14H2,1-7H3. The molecular weight excluding hydrogens is 327 g/mol. The van der Waals surface area contributed by atoms with Crippen LogP contribution in [0.15, 0.2) is 17.1 Å². The van der Waals surface area contributed by atoms with Gasteiger partial charge in [-0.25, -0.2) is 9.38 Å². The van der Waals surface area contributed by atoms with Crippen LogP contribution >= 0.6 is 0 Å². The Morgan fingerprint density at radius 2 is 1.85 bits per heavy atom. The minimum absolute atomic E-state index is 0.0666. The average molecular weight is 363 g/mol. The van der Waals surface area contributed by atoms with Crippen molar-refractivity contribution in [3.63, 3.8) is 0 Å². The third kappa shape index (κ3) is 6.00. The number of aliphatic imine (C=N–C) groups is 1. The molecule has 1 saturated carbocycles. The SMILES string of the molecule is Cc1cc(OCC(C)(F)CC(C)(C)C)c(C)cc1N=CN(C)C1CCC1. The van der Waals surface area contributed by atoms with E-state index in [4.69, 9.17) is 4.74 Å². The quantitative estimate of drug-likeness (QED) is 0.439. The molecule has 3 nitrogen and oxygen atoms in total. The number of alkyl halides is 1. The molecule has 1 fully saturated rings. The maximum atomic E-state index is 14.8. The summed E-state index contributed by atoms with van der Waals surface area (Å²) in [6.45, 7) is 11.8. The van der Waals surface area contributed by atoms with Crippen molar-refractivity contribution in [1.82, 2.24) is 4.90 Å². The van der Waals surface area contributed by atoms with Gasteiger partial charge in [0.05, 0.1) is 12.0 Å². The van der Waals surface area contributed by atoms with Gasteiger partial charge in [0, 0.05) is 13.1 Å². The van der Waals surface area contributed by atoms with Gasteiger partial charge in [-0.05, 0) is 75.1 Å². The van der Waals surface area contributed by atoms with Gasteiger partial charge in [0.15, 0.2) is 0 Å². The highest BCUT2D eigenvalue weighted by atomic mass is 19.1. The number of hydrogen-bond acceptors (Lipinski definition) is 2. The van der Waals surface area contributed by atoms with E-state index in [-0.39, 0.29) is 12.0 Å². The monoisotopic (exact) mass is 362 g/mol. The molecule has 1 aromatic rings. The molecule has 0 aliphatic heterocycles. The van der Waals surface area contributed by atoms with Gasteiger partial charge in [-0.2, -0.15) is 0 Å². The zero-order valence-electron chi connectivity index (χ0n) is 17.5. The molecule has 2 rings (SSSR count). The molecule has 146 valence electrons. The van der Waals surface area contributed by atoms with E-state index in [1.807, 2.05) is 53.1 Å². The lowest BCUT2D eigenvalue weighted by atomic mass is 9.84. The van der Waals surface area contributed by atoms with Crippen molar-refractivity contribution in [3.05, 3.63) is 23.3 Å². The van der Waals surface area contributed by atoms with Gasteiger partial charge < -0.3 is 9.64 Å². The second kappa shape index (κ2) is 7.98. The van der Waals surface area contributed by atoms with Crippen LogP contribution in [0, 0.1) is 19.3 Å². The minimum Gasteiger partial charge on any atom is -0.490 e. The van der Waals surface area contributed by atoms with Crippen molar-refractivity contribution in [2.24, 2.45) is 10.4 Å². The minimum atomic E-state index is -1.35. The molecule has 1 aromatic carbocycles. The van der Waals surface area contributed by atoms with Crippen molar-refractivity contribution in [1.29, 1.82) is 0 Å². The summed E-state index contributed by atoms with van der Waals surface area (Å²) in [5, 5.41) is 0. The van der Waals surface area contributed by atoms with Crippen molar-refractivity contribution in [3.8, 4) is 5.75 Å². The van der Waals surface area contributed by atoms with Gasteiger partial charge in [-0.3, -0.25) is 0 Å². The van der Waals surface area contributed by atoms with E-state index in [0.29, 0.717) is 12.5 Å². The number of nitrogens with zero attached hydrogens (tertiary/aromatic N) is 2. The van der Waals surface area contributed by atoms with Crippen molar-refractivity contribution in [2.45, 2.75) is 78.9 Å². The Labute approximate surface area is 158 Å². The summed E-state index contributed by atoms with van der Waals surface area (Å²) in [6, 6.07) is 4.63. The second-order valence-electron chi connectivity index (χ2n) is 9.34. The first-order chi connectivity index (χ1) is 12.0. The number of hydrogen-bond donors (Lipinski definition) is 0. The number of ether oxygens (including phenoxy) is 1. The molecule has 4 heteroatoms. The molecule has 1 aliphatic rings. The smallest absolute Gasteiger partial charge is 0.142 e. The molecule has 0 radical (unpaired) electrons. The Morgan fingerprint density at radius 3 is 2.38 bits per heavy atom. The lowest BCUT2D eigenvalue weighted by Crippen LogP contribution is -2.35. The van der Waals surface area contributed by atoms with Gasteiger partial charge in [0.2, 0.25) is 0 Å². The van der Waals surface area contributed by atoms with Crippen LogP contribution in [0.2, 0.25) is 0 Å². The second-order valence-corrected chi connectivity index (χ2v) is 9.34. The van der Waals surface area contributed by atoms with Gasteiger partial charge in [-0.15, -0.1) is 0 Å². The first-order valence-corrected chi connectivity index (χ1v) is 9.66. The predicted octanol–water partition coefficient (Wildman–Crippen LogP) is 5.99. The Bertz CT molecular complexity index is 642. The Hall–Kier alpha value is -1.58. The van der Waals surface area contributed by atoms with E-state index in [2.05, 4.69) is 16.9 Å². The van der Waals surface area contributed by atoms with E-state index in [0.717, 1.165) is 22.6 Å². The predicted molar refractivity (Wildman–Crippen MR) is 109 cm³/mol. The summed E-state index contributed by atoms with van der Waals surface area (Å²) in [5.41, 5.74) is 1.56. The van der Waals surface area contributed by atoms with Crippen LogP contribution in [0.1, 0.15) is 64.5 Å². The third-order valence-electron chi connectivity index (χ3n) is 4.95. The highest BCUT2D eigenvalue weighted by Crippen LogP contribution is 2.33. The molecular formula is C22H35FN2O. The van der Waals surface area contributed by atoms with E-state index < -0.39 is 5.67 Å². The fourth-order valence-electron chi connectivity index (χ4n) is 3.50. The van der Waals surface area contributed by atoms with Gasteiger partial charge in [-0.1, -0.05) is 20.8 Å². The molecule has 1 unspecified atom stereocenters. The van der Waals surface area contributed by atoms with Crippen LogP contribution in [-0.4, -0.2) is 36.6 Å². The van der Waals surface area contributed by atoms with E-state index in [1.165, 1.54) is 19.3 Å². The summed E-state index contributed by atoms with van der Waals surface area (Å²) >= 11 is 0. The van der Waals surface area contributed by atoms with Crippen LogP contribution in [0.5, 0.6) is 5.75 Å². The highest BCUT2D eigenvalue weighted by Gasteiger charge is 2.30. The van der Waals surface area contributed by atoms with Crippen molar-refractivity contribution in [2.75, 3.05) is 13.7 Å². The summed E-state index contributed by atoms with van der Waals surface area (Å²) < 4.78 is 20.6. The molecule has 0 saturated heterocycles. The zero-order valence-corrected chi connectivity index (χ0v) is 17.5. The van der Waals surface area contributed by atoms with Crippen LogP contribution < -0.4 is 4.74 Å². The third-order valence-corrected chi connectivity index (χ3v) is 4.95. The maximum absolute atomic E-state index is 14.8. The van der Waals surface area contributed by atoms with Crippen LogP contribution in [0.3, 0.4) is 0 Å². The largest absolute Gasteiger partial charge is 0.490 e. The summed E-state index contributed by atoms with van der Waals surface area (Å²) in [6.07, 6.45) is 6.21.